The van der Waals surface area contributed by atoms with E-state index in [-0.39, 0.29) is 5.91 Å². The summed E-state index contributed by atoms with van der Waals surface area (Å²) in [5.74, 6) is 1.29. The number of likely N-dealkylation sites (tertiary alicyclic amines) is 1. The fourth-order valence-corrected chi connectivity index (χ4v) is 2.78. The van der Waals surface area contributed by atoms with Gasteiger partial charge in [0.25, 0.3) is 5.91 Å². The van der Waals surface area contributed by atoms with Crippen molar-refractivity contribution in [3.8, 4) is 5.75 Å². The fourth-order valence-electron chi connectivity index (χ4n) is 2.78. The van der Waals surface area contributed by atoms with Gasteiger partial charge in [0.15, 0.2) is 0 Å². The molecule has 0 atom stereocenters. The molecule has 0 aliphatic carbocycles. The molecule has 1 aromatic carbocycles. The Kier molecular flexibility index (Phi) is 5.62. The topological polar surface area (TPSA) is 41.6 Å². The SMILES string of the molecule is COc1cccc(C(=O)NCC2CCN(C(C)C)CC2)c1. The van der Waals surface area contributed by atoms with Crippen molar-refractivity contribution in [1.29, 1.82) is 0 Å². The summed E-state index contributed by atoms with van der Waals surface area (Å²) < 4.78 is 5.15. The van der Waals surface area contributed by atoms with Crippen LogP contribution >= 0.6 is 0 Å². The van der Waals surface area contributed by atoms with E-state index in [2.05, 4.69) is 24.1 Å². The number of hydrogen-bond donors (Lipinski definition) is 1. The third-order valence-corrected chi connectivity index (χ3v) is 4.26. The lowest BCUT2D eigenvalue weighted by Crippen LogP contribution is -2.41. The quantitative estimate of drug-likeness (QED) is 0.906. The van der Waals surface area contributed by atoms with Crippen LogP contribution in [0.3, 0.4) is 0 Å². The molecular formula is C17H26N2O2. The fraction of sp³-hybridized carbons (Fsp3) is 0.588. The first kappa shape index (κ1) is 15.8. The molecule has 1 N–H and O–H groups in total. The maximum atomic E-state index is 12.2. The van der Waals surface area contributed by atoms with Crippen LogP contribution in [0, 0.1) is 5.92 Å². The molecule has 1 aliphatic rings. The summed E-state index contributed by atoms with van der Waals surface area (Å²) >= 11 is 0. The van der Waals surface area contributed by atoms with E-state index in [1.165, 1.54) is 0 Å². The van der Waals surface area contributed by atoms with Crippen molar-refractivity contribution in [2.45, 2.75) is 32.7 Å². The Hall–Kier alpha value is -1.55. The molecule has 1 aromatic rings. The van der Waals surface area contributed by atoms with Gasteiger partial charge in [0.05, 0.1) is 7.11 Å². The Balaban J connectivity index is 1.79. The van der Waals surface area contributed by atoms with Gasteiger partial charge >= 0.3 is 0 Å². The minimum Gasteiger partial charge on any atom is -0.497 e. The van der Waals surface area contributed by atoms with Crippen LogP contribution in [0.2, 0.25) is 0 Å². The summed E-state index contributed by atoms with van der Waals surface area (Å²) in [6.45, 7) is 7.52. The summed E-state index contributed by atoms with van der Waals surface area (Å²) in [4.78, 5) is 14.7. The third-order valence-electron chi connectivity index (χ3n) is 4.26. The minimum atomic E-state index is -0.0137. The molecule has 1 amide bonds. The van der Waals surface area contributed by atoms with Crippen LogP contribution in [0.5, 0.6) is 5.75 Å². The van der Waals surface area contributed by atoms with E-state index in [1.807, 2.05) is 18.2 Å². The van der Waals surface area contributed by atoms with Gasteiger partial charge in [-0.3, -0.25) is 4.79 Å². The van der Waals surface area contributed by atoms with Crippen LogP contribution in [0.15, 0.2) is 24.3 Å². The van der Waals surface area contributed by atoms with E-state index in [9.17, 15) is 4.79 Å². The first-order valence-corrected chi connectivity index (χ1v) is 7.76. The summed E-state index contributed by atoms with van der Waals surface area (Å²) in [7, 11) is 1.61. The number of carbonyl (C=O) groups is 1. The molecule has 0 unspecified atom stereocenters. The Morgan fingerprint density at radius 1 is 1.38 bits per heavy atom. The minimum absolute atomic E-state index is 0.0137. The first-order valence-electron chi connectivity index (χ1n) is 7.76. The Morgan fingerprint density at radius 3 is 2.71 bits per heavy atom. The molecule has 1 heterocycles. The van der Waals surface area contributed by atoms with Crippen molar-refractivity contribution in [3.05, 3.63) is 29.8 Å². The van der Waals surface area contributed by atoms with Gasteiger partial charge in [0.2, 0.25) is 0 Å². The van der Waals surface area contributed by atoms with Gasteiger partial charge in [-0.25, -0.2) is 0 Å². The van der Waals surface area contributed by atoms with Crippen LogP contribution in [0.1, 0.15) is 37.0 Å². The number of carbonyl (C=O) groups excluding carboxylic acids is 1. The third kappa shape index (κ3) is 4.46. The van der Waals surface area contributed by atoms with Gasteiger partial charge in [-0.05, 0) is 63.9 Å². The zero-order valence-electron chi connectivity index (χ0n) is 13.3. The van der Waals surface area contributed by atoms with Crippen molar-refractivity contribution < 1.29 is 9.53 Å². The Bertz CT molecular complexity index is 466. The number of methoxy groups -OCH3 is 1. The van der Waals surface area contributed by atoms with E-state index in [0.29, 0.717) is 23.3 Å². The molecule has 1 aliphatic heterocycles. The molecule has 2 rings (SSSR count). The highest BCUT2D eigenvalue weighted by Gasteiger charge is 2.21. The zero-order chi connectivity index (χ0) is 15.2. The highest BCUT2D eigenvalue weighted by molar-refractivity contribution is 5.94. The lowest BCUT2D eigenvalue weighted by atomic mass is 9.96. The number of rotatable bonds is 5. The van der Waals surface area contributed by atoms with Crippen molar-refractivity contribution in [2.75, 3.05) is 26.7 Å². The molecule has 0 aromatic heterocycles. The predicted octanol–water partition coefficient (Wildman–Crippen LogP) is 2.55. The van der Waals surface area contributed by atoms with Gasteiger partial charge in [-0.15, -0.1) is 0 Å². The van der Waals surface area contributed by atoms with Crippen molar-refractivity contribution in [1.82, 2.24) is 10.2 Å². The molecule has 1 fully saturated rings. The number of nitrogens with zero attached hydrogens (tertiary/aromatic N) is 1. The number of nitrogens with one attached hydrogen (secondary N) is 1. The maximum Gasteiger partial charge on any atom is 0.251 e. The number of piperidine rings is 1. The second-order valence-corrected chi connectivity index (χ2v) is 6.02. The van der Waals surface area contributed by atoms with Crippen molar-refractivity contribution in [3.63, 3.8) is 0 Å². The predicted molar refractivity (Wildman–Crippen MR) is 84.8 cm³/mol. The second kappa shape index (κ2) is 7.46. The zero-order valence-corrected chi connectivity index (χ0v) is 13.3. The molecule has 0 radical (unpaired) electrons. The van der Waals surface area contributed by atoms with E-state index < -0.39 is 0 Å². The average molecular weight is 290 g/mol. The van der Waals surface area contributed by atoms with Gasteiger partial charge < -0.3 is 15.0 Å². The lowest BCUT2D eigenvalue weighted by Gasteiger charge is -2.34. The summed E-state index contributed by atoms with van der Waals surface area (Å²) in [6.07, 6.45) is 2.33. The normalized spacial score (nSPS) is 17.0. The van der Waals surface area contributed by atoms with Gasteiger partial charge in [-0.1, -0.05) is 6.07 Å². The highest BCUT2D eigenvalue weighted by Crippen LogP contribution is 2.18. The maximum absolute atomic E-state index is 12.2. The number of amides is 1. The smallest absolute Gasteiger partial charge is 0.251 e. The molecule has 21 heavy (non-hydrogen) atoms. The van der Waals surface area contributed by atoms with Crippen LogP contribution < -0.4 is 10.1 Å². The summed E-state index contributed by atoms with van der Waals surface area (Å²) in [5.41, 5.74) is 0.661. The largest absolute Gasteiger partial charge is 0.497 e. The molecular weight excluding hydrogens is 264 g/mol. The van der Waals surface area contributed by atoms with E-state index in [1.54, 1.807) is 13.2 Å². The number of benzene rings is 1. The summed E-state index contributed by atoms with van der Waals surface area (Å²) in [6, 6.07) is 7.90. The van der Waals surface area contributed by atoms with Gasteiger partial charge in [0, 0.05) is 18.2 Å². The standard InChI is InChI=1S/C17H26N2O2/c1-13(2)19-9-7-14(8-10-19)12-18-17(20)15-5-4-6-16(11-15)21-3/h4-6,11,13-14H,7-10,12H2,1-3H3,(H,18,20). The van der Waals surface area contributed by atoms with E-state index in [4.69, 9.17) is 4.74 Å². The number of ether oxygens (including phenoxy) is 1. The van der Waals surface area contributed by atoms with E-state index in [0.717, 1.165) is 32.5 Å². The monoisotopic (exact) mass is 290 g/mol. The molecule has 0 saturated carbocycles. The average Bonchev–Trinajstić information content (AvgIpc) is 2.53. The molecule has 0 bridgehead atoms. The molecule has 4 nitrogen and oxygen atoms in total. The highest BCUT2D eigenvalue weighted by atomic mass is 16.5. The van der Waals surface area contributed by atoms with Crippen molar-refractivity contribution >= 4 is 5.91 Å². The van der Waals surface area contributed by atoms with Gasteiger partial charge in [-0.2, -0.15) is 0 Å². The molecule has 4 heteroatoms. The van der Waals surface area contributed by atoms with Crippen LogP contribution in [0.4, 0.5) is 0 Å². The Morgan fingerprint density at radius 2 is 2.10 bits per heavy atom. The summed E-state index contributed by atoms with van der Waals surface area (Å²) in [5, 5.41) is 3.05. The lowest BCUT2D eigenvalue weighted by molar-refractivity contribution is 0.0929. The van der Waals surface area contributed by atoms with Crippen molar-refractivity contribution in [2.24, 2.45) is 5.92 Å². The molecule has 0 spiro atoms. The molecule has 116 valence electrons. The second-order valence-electron chi connectivity index (χ2n) is 6.02. The van der Waals surface area contributed by atoms with Crippen LogP contribution in [0.25, 0.3) is 0 Å². The number of hydrogen-bond acceptors (Lipinski definition) is 3. The first-order chi connectivity index (χ1) is 10.1. The van der Waals surface area contributed by atoms with Crippen LogP contribution in [-0.2, 0) is 0 Å². The van der Waals surface area contributed by atoms with Crippen LogP contribution in [-0.4, -0.2) is 43.6 Å². The Labute approximate surface area is 127 Å². The molecule has 1 saturated heterocycles. The van der Waals surface area contributed by atoms with E-state index >= 15 is 0 Å². The van der Waals surface area contributed by atoms with Gasteiger partial charge in [0.1, 0.15) is 5.75 Å².